The van der Waals surface area contributed by atoms with Gasteiger partial charge in [-0.2, -0.15) is 8.75 Å². The number of aliphatic hydroxyl groups excluding tert-OH is 1. The molecular formula is C22H31Cl2N5O2S. The van der Waals surface area contributed by atoms with Crippen LogP contribution in [0.5, 0.6) is 5.75 Å². The Kier molecular flexibility index (Phi) is 11.1. The molecular weight excluding hydrogens is 469 g/mol. The van der Waals surface area contributed by atoms with E-state index in [1.807, 2.05) is 18.2 Å². The number of aliphatic hydroxyl groups is 1. The summed E-state index contributed by atoms with van der Waals surface area (Å²) >= 11 is 1.25. The maximum Gasteiger partial charge on any atom is 0.119 e. The maximum atomic E-state index is 10.2. The van der Waals surface area contributed by atoms with Gasteiger partial charge in [-0.3, -0.25) is 9.80 Å². The molecule has 0 bridgehead atoms. The van der Waals surface area contributed by atoms with Crippen LogP contribution in [0.15, 0.2) is 42.5 Å². The lowest BCUT2D eigenvalue weighted by atomic mass is 10.1. The molecule has 10 heteroatoms. The van der Waals surface area contributed by atoms with E-state index in [2.05, 4.69) is 55.2 Å². The number of aromatic nitrogens is 2. The highest BCUT2D eigenvalue weighted by molar-refractivity contribution is 7.00. The van der Waals surface area contributed by atoms with E-state index in [4.69, 9.17) is 4.74 Å². The summed E-state index contributed by atoms with van der Waals surface area (Å²) in [4.78, 5) is 4.54. The second-order valence-electron chi connectivity index (χ2n) is 7.92. The van der Waals surface area contributed by atoms with Gasteiger partial charge in [-0.1, -0.05) is 18.2 Å². The predicted molar refractivity (Wildman–Crippen MR) is 134 cm³/mol. The van der Waals surface area contributed by atoms with Crippen LogP contribution in [0.2, 0.25) is 0 Å². The SMILES string of the molecule is CN(Cc1ccc(OCC(O)CN2CCNCC2)cc1)Cc1ccc2nsnc2c1.Cl.Cl. The van der Waals surface area contributed by atoms with E-state index in [1.165, 1.54) is 22.9 Å². The summed E-state index contributed by atoms with van der Waals surface area (Å²) in [5.74, 6) is 0.794. The van der Waals surface area contributed by atoms with Crippen LogP contribution in [-0.2, 0) is 13.1 Å². The second kappa shape index (κ2) is 13.3. The van der Waals surface area contributed by atoms with E-state index in [-0.39, 0.29) is 24.8 Å². The molecule has 2 aromatic carbocycles. The molecule has 1 aliphatic rings. The zero-order chi connectivity index (χ0) is 20.8. The average Bonchev–Trinajstić information content (AvgIpc) is 3.22. The molecule has 1 unspecified atom stereocenters. The molecule has 1 fully saturated rings. The van der Waals surface area contributed by atoms with Gasteiger partial charge in [-0.05, 0) is 42.4 Å². The van der Waals surface area contributed by atoms with Crippen molar-refractivity contribution in [1.82, 2.24) is 23.9 Å². The fourth-order valence-electron chi connectivity index (χ4n) is 3.73. The van der Waals surface area contributed by atoms with Crippen molar-refractivity contribution in [3.05, 3.63) is 53.6 Å². The van der Waals surface area contributed by atoms with Gasteiger partial charge in [0.2, 0.25) is 0 Å². The van der Waals surface area contributed by atoms with Crippen LogP contribution in [0.1, 0.15) is 11.1 Å². The fourth-order valence-corrected chi connectivity index (χ4v) is 4.25. The smallest absolute Gasteiger partial charge is 0.119 e. The first kappa shape index (κ1) is 26.7. The van der Waals surface area contributed by atoms with Crippen molar-refractivity contribution in [3.8, 4) is 5.75 Å². The minimum atomic E-state index is -0.473. The van der Waals surface area contributed by atoms with Crippen LogP contribution < -0.4 is 10.1 Å². The molecule has 4 rings (SSSR count). The Morgan fingerprint density at radius 1 is 1.03 bits per heavy atom. The van der Waals surface area contributed by atoms with E-state index in [9.17, 15) is 5.11 Å². The van der Waals surface area contributed by atoms with Crippen molar-refractivity contribution in [3.63, 3.8) is 0 Å². The van der Waals surface area contributed by atoms with E-state index in [1.54, 1.807) is 0 Å². The number of fused-ring (bicyclic) bond motifs is 1. The summed E-state index contributed by atoms with van der Waals surface area (Å²) in [6.07, 6.45) is -0.473. The number of benzene rings is 2. The van der Waals surface area contributed by atoms with Crippen LogP contribution in [0.25, 0.3) is 11.0 Å². The molecule has 2 heterocycles. The summed E-state index contributed by atoms with van der Waals surface area (Å²) in [6, 6.07) is 14.4. The molecule has 0 amide bonds. The van der Waals surface area contributed by atoms with Gasteiger partial charge in [0.15, 0.2) is 0 Å². The van der Waals surface area contributed by atoms with Gasteiger partial charge >= 0.3 is 0 Å². The Morgan fingerprint density at radius 3 is 2.44 bits per heavy atom. The molecule has 0 radical (unpaired) electrons. The highest BCUT2D eigenvalue weighted by atomic mass is 35.5. The Morgan fingerprint density at radius 2 is 1.69 bits per heavy atom. The molecule has 7 nitrogen and oxygen atoms in total. The minimum Gasteiger partial charge on any atom is -0.491 e. The number of halogens is 2. The third kappa shape index (κ3) is 7.81. The van der Waals surface area contributed by atoms with E-state index in [0.29, 0.717) is 13.2 Å². The summed E-state index contributed by atoms with van der Waals surface area (Å²) in [5, 5.41) is 13.5. The Bertz CT molecular complexity index is 937. The van der Waals surface area contributed by atoms with E-state index >= 15 is 0 Å². The van der Waals surface area contributed by atoms with Gasteiger partial charge in [0, 0.05) is 45.8 Å². The van der Waals surface area contributed by atoms with Gasteiger partial charge in [0.05, 0.1) is 11.7 Å². The molecule has 176 valence electrons. The number of rotatable bonds is 9. The van der Waals surface area contributed by atoms with Crippen LogP contribution in [0, 0.1) is 0 Å². The number of hydrogen-bond acceptors (Lipinski definition) is 8. The highest BCUT2D eigenvalue weighted by Gasteiger charge is 2.14. The van der Waals surface area contributed by atoms with Crippen molar-refractivity contribution < 1.29 is 9.84 Å². The number of β-amino-alcohol motifs (C(OH)–C–C–N with tert-alkyl or cyclic N) is 1. The normalized spacial score (nSPS) is 15.2. The Labute approximate surface area is 205 Å². The summed E-state index contributed by atoms with van der Waals surface area (Å²) in [5.41, 5.74) is 4.38. The van der Waals surface area contributed by atoms with Crippen LogP contribution in [-0.4, -0.2) is 76.1 Å². The molecule has 1 aromatic heterocycles. The third-order valence-electron chi connectivity index (χ3n) is 5.27. The zero-order valence-corrected chi connectivity index (χ0v) is 20.6. The second-order valence-corrected chi connectivity index (χ2v) is 8.45. The molecule has 32 heavy (non-hydrogen) atoms. The largest absolute Gasteiger partial charge is 0.491 e. The predicted octanol–water partition coefficient (Wildman–Crippen LogP) is 2.81. The first-order valence-electron chi connectivity index (χ1n) is 10.4. The molecule has 1 saturated heterocycles. The molecule has 3 aromatic rings. The average molecular weight is 500 g/mol. The lowest BCUT2D eigenvalue weighted by Crippen LogP contribution is -2.47. The van der Waals surface area contributed by atoms with Crippen LogP contribution in [0.3, 0.4) is 0 Å². The molecule has 2 N–H and O–H groups in total. The van der Waals surface area contributed by atoms with Crippen molar-refractivity contribution in [1.29, 1.82) is 0 Å². The Hall–Kier alpha value is -1.52. The number of piperazine rings is 1. The highest BCUT2D eigenvalue weighted by Crippen LogP contribution is 2.17. The van der Waals surface area contributed by atoms with Crippen molar-refractivity contribution in [2.24, 2.45) is 0 Å². The fraction of sp³-hybridized carbons (Fsp3) is 0.455. The quantitative estimate of drug-likeness (QED) is 0.468. The van der Waals surface area contributed by atoms with Gasteiger partial charge < -0.3 is 15.2 Å². The zero-order valence-electron chi connectivity index (χ0n) is 18.1. The van der Waals surface area contributed by atoms with Crippen molar-refractivity contribution in [2.45, 2.75) is 19.2 Å². The molecule has 1 aliphatic heterocycles. The van der Waals surface area contributed by atoms with Gasteiger partial charge in [-0.15, -0.1) is 24.8 Å². The summed E-state index contributed by atoms with van der Waals surface area (Å²) < 4.78 is 14.4. The first-order chi connectivity index (χ1) is 14.7. The van der Waals surface area contributed by atoms with Crippen molar-refractivity contribution >= 4 is 47.6 Å². The maximum absolute atomic E-state index is 10.2. The molecule has 0 saturated carbocycles. The summed E-state index contributed by atoms with van der Waals surface area (Å²) in [6.45, 7) is 6.61. The lowest BCUT2D eigenvalue weighted by Gasteiger charge is -2.29. The molecule has 0 spiro atoms. The lowest BCUT2D eigenvalue weighted by molar-refractivity contribution is 0.0641. The van der Waals surface area contributed by atoms with E-state index < -0.39 is 6.10 Å². The topological polar surface area (TPSA) is 73.8 Å². The van der Waals surface area contributed by atoms with Crippen molar-refractivity contribution in [2.75, 3.05) is 46.4 Å². The third-order valence-corrected chi connectivity index (χ3v) is 5.82. The summed E-state index contributed by atoms with van der Waals surface area (Å²) in [7, 11) is 2.11. The van der Waals surface area contributed by atoms with Crippen LogP contribution >= 0.6 is 36.5 Å². The van der Waals surface area contributed by atoms with Gasteiger partial charge in [-0.25, -0.2) is 0 Å². The van der Waals surface area contributed by atoms with E-state index in [0.717, 1.165) is 56.1 Å². The van der Waals surface area contributed by atoms with Gasteiger partial charge in [0.25, 0.3) is 0 Å². The standard InChI is InChI=1S/C22H29N5O2S.2ClH/c1-26(14-18-4-7-21-22(12-18)25-30-24-21)13-17-2-5-20(6-3-17)29-16-19(28)15-27-10-8-23-9-11-27;;/h2-7,12,19,23,28H,8-11,13-16H2,1H3;2*1H. The minimum absolute atomic E-state index is 0. The number of nitrogens with one attached hydrogen (secondary N) is 1. The Balaban J connectivity index is 0.00000181. The number of nitrogens with zero attached hydrogens (tertiary/aromatic N) is 4. The first-order valence-corrected chi connectivity index (χ1v) is 11.1. The molecule has 1 atom stereocenters. The molecule has 0 aliphatic carbocycles. The monoisotopic (exact) mass is 499 g/mol. The van der Waals surface area contributed by atoms with Crippen LogP contribution in [0.4, 0.5) is 0 Å². The number of hydrogen-bond donors (Lipinski definition) is 2. The number of ether oxygens (including phenoxy) is 1. The van der Waals surface area contributed by atoms with Gasteiger partial charge in [0.1, 0.15) is 29.5 Å².